The highest BCUT2D eigenvalue weighted by molar-refractivity contribution is 5.65. The van der Waals surface area contributed by atoms with Gasteiger partial charge in [-0.05, 0) is 6.07 Å². The molecule has 0 bridgehead atoms. The molecule has 8 heteroatoms. The van der Waals surface area contributed by atoms with E-state index in [1.54, 1.807) is 0 Å². The van der Waals surface area contributed by atoms with Gasteiger partial charge in [-0.1, -0.05) is 0 Å². The van der Waals surface area contributed by atoms with Gasteiger partial charge in [0.15, 0.2) is 11.5 Å². The Morgan fingerprint density at radius 2 is 2.00 bits per heavy atom. The molecule has 1 aliphatic rings. The average Bonchev–Trinajstić information content (AvgIpc) is 2.87. The van der Waals surface area contributed by atoms with Crippen molar-refractivity contribution < 1.29 is 27.4 Å². The molecule has 0 atom stereocenters. The van der Waals surface area contributed by atoms with Crippen LogP contribution in [0.4, 0.5) is 18.9 Å². The van der Waals surface area contributed by atoms with Crippen LogP contribution in [0.15, 0.2) is 30.5 Å². The highest BCUT2D eigenvalue weighted by Crippen LogP contribution is 2.41. The molecule has 0 saturated carbocycles. The Hall–Kier alpha value is -2.64. The van der Waals surface area contributed by atoms with Crippen molar-refractivity contribution in [3.05, 3.63) is 36.0 Å². The zero-order valence-corrected chi connectivity index (χ0v) is 10.5. The quantitative estimate of drug-likeness (QED) is 0.862. The van der Waals surface area contributed by atoms with E-state index in [-0.39, 0.29) is 12.7 Å². The Morgan fingerprint density at radius 1 is 1.19 bits per heavy atom. The fourth-order valence-electron chi connectivity index (χ4n) is 1.80. The third kappa shape index (κ3) is 2.64. The summed E-state index contributed by atoms with van der Waals surface area (Å²) in [6.45, 7) is 0.0571. The van der Waals surface area contributed by atoms with E-state index in [9.17, 15) is 13.2 Å². The number of nitrogens with two attached hydrogens (primary N) is 1. The number of nitrogen functional groups attached to an aromatic ring is 1. The fourth-order valence-corrected chi connectivity index (χ4v) is 1.80. The number of ether oxygens (including phenoxy) is 3. The lowest BCUT2D eigenvalue weighted by atomic mass is 10.2. The van der Waals surface area contributed by atoms with Crippen LogP contribution in [-0.4, -0.2) is 11.8 Å². The maximum atomic E-state index is 12.4. The number of pyridine rings is 1. The monoisotopic (exact) mass is 298 g/mol. The van der Waals surface area contributed by atoms with E-state index >= 15 is 0 Å². The summed E-state index contributed by atoms with van der Waals surface area (Å²) in [4.78, 5) is 3.61. The maximum Gasteiger partial charge on any atom is 0.417 e. The number of aromatic nitrogens is 1. The number of hydrogen-bond donors (Lipinski definition) is 1. The molecule has 21 heavy (non-hydrogen) atoms. The number of anilines is 1. The normalized spacial score (nSPS) is 13.3. The van der Waals surface area contributed by atoms with Crippen LogP contribution in [0.2, 0.25) is 0 Å². The van der Waals surface area contributed by atoms with E-state index in [4.69, 9.17) is 19.9 Å². The van der Waals surface area contributed by atoms with Gasteiger partial charge in [0.25, 0.3) is 0 Å². The van der Waals surface area contributed by atoms with Crippen molar-refractivity contribution in [2.24, 2.45) is 0 Å². The molecule has 110 valence electrons. The van der Waals surface area contributed by atoms with Gasteiger partial charge in [-0.2, -0.15) is 13.2 Å². The van der Waals surface area contributed by atoms with Crippen LogP contribution in [-0.2, 0) is 6.18 Å². The average molecular weight is 298 g/mol. The first kappa shape index (κ1) is 13.3. The van der Waals surface area contributed by atoms with Gasteiger partial charge in [-0.3, -0.25) is 0 Å². The van der Waals surface area contributed by atoms with E-state index in [0.29, 0.717) is 29.1 Å². The third-order valence-corrected chi connectivity index (χ3v) is 2.76. The molecular formula is C13H9F3N2O3. The summed E-state index contributed by atoms with van der Waals surface area (Å²) >= 11 is 0. The molecule has 5 nitrogen and oxygen atoms in total. The standard InChI is InChI=1S/C13H9F3N2O3/c14-13(15,16)7-1-2-11(18-5-7)21-8-3-9(17)12-10(4-8)19-6-20-12/h1-5H,6,17H2. The van der Waals surface area contributed by atoms with E-state index in [1.807, 2.05) is 0 Å². The molecule has 1 aromatic carbocycles. The minimum atomic E-state index is -4.44. The maximum absolute atomic E-state index is 12.4. The van der Waals surface area contributed by atoms with E-state index < -0.39 is 11.7 Å². The zero-order valence-electron chi connectivity index (χ0n) is 10.5. The molecule has 0 radical (unpaired) electrons. The zero-order chi connectivity index (χ0) is 15.0. The molecule has 1 aromatic heterocycles. The predicted molar refractivity (Wildman–Crippen MR) is 66.3 cm³/mol. The first-order valence-electron chi connectivity index (χ1n) is 5.84. The van der Waals surface area contributed by atoms with Gasteiger partial charge in [-0.25, -0.2) is 4.98 Å². The molecule has 3 rings (SSSR count). The Balaban J connectivity index is 1.82. The molecule has 0 fully saturated rings. The SMILES string of the molecule is Nc1cc(Oc2ccc(C(F)(F)F)cn2)cc2c1OCO2. The molecule has 0 unspecified atom stereocenters. The van der Waals surface area contributed by atoms with E-state index in [2.05, 4.69) is 4.98 Å². The number of fused-ring (bicyclic) bond motifs is 1. The first-order valence-corrected chi connectivity index (χ1v) is 5.84. The molecule has 0 amide bonds. The first-order chi connectivity index (χ1) is 9.93. The number of alkyl halides is 3. The molecule has 2 heterocycles. The third-order valence-electron chi connectivity index (χ3n) is 2.76. The van der Waals surface area contributed by atoms with Gasteiger partial charge < -0.3 is 19.9 Å². The lowest BCUT2D eigenvalue weighted by Gasteiger charge is -2.09. The number of halogens is 3. The van der Waals surface area contributed by atoms with Crippen LogP contribution in [0.5, 0.6) is 23.1 Å². The van der Waals surface area contributed by atoms with Crippen LogP contribution in [0.25, 0.3) is 0 Å². The molecular weight excluding hydrogens is 289 g/mol. The summed E-state index contributed by atoms with van der Waals surface area (Å²) in [7, 11) is 0. The van der Waals surface area contributed by atoms with Crippen LogP contribution < -0.4 is 19.9 Å². The summed E-state index contributed by atoms with van der Waals surface area (Å²) < 4.78 is 52.9. The van der Waals surface area contributed by atoms with Crippen molar-refractivity contribution in [2.45, 2.75) is 6.18 Å². The molecule has 0 saturated heterocycles. The van der Waals surface area contributed by atoms with Crippen molar-refractivity contribution in [3.8, 4) is 23.1 Å². The minimum Gasteiger partial charge on any atom is -0.453 e. The van der Waals surface area contributed by atoms with Crippen molar-refractivity contribution in [3.63, 3.8) is 0 Å². The Morgan fingerprint density at radius 3 is 2.67 bits per heavy atom. The van der Waals surface area contributed by atoms with E-state index in [0.717, 1.165) is 12.1 Å². The van der Waals surface area contributed by atoms with Gasteiger partial charge in [-0.15, -0.1) is 0 Å². The van der Waals surface area contributed by atoms with Gasteiger partial charge >= 0.3 is 6.18 Å². The summed E-state index contributed by atoms with van der Waals surface area (Å²) in [5, 5.41) is 0. The lowest BCUT2D eigenvalue weighted by Crippen LogP contribution is -2.05. The van der Waals surface area contributed by atoms with Crippen molar-refractivity contribution in [2.75, 3.05) is 12.5 Å². The molecule has 1 aliphatic heterocycles. The minimum absolute atomic E-state index is 0.0151. The summed E-state index contributed by atoms with van der Waals surface area (Å²) in [5.41, 5.74) is 5.22. The van der Waals surface area contributed by atoms with E-state index in [1.165, 1.54) is 12.1 Å². The van der Waals surface area contributed by atoms with Gasteiger partial charge in [0.1, 0.15) is 5.75 Å². The topological polar surface area (TPSA) is 66.6 Å². The van der Waals surface area contributed by atoms with Crippen molar-refractivity contribution >= 4 is 5.69 Å². The molecule has 2 aromatic rings. The summed E-state index contributed by atoms with van der Waals surface area (Å²) in [6.07, 6.45) is -3.74. The largest absolute Gasteiger partial charge is 0.453 e. The van der Waals surface area contributed by atoms with Gasteiger partial charge in [0.05, 0.1) is 11.3 Å². The molecule has 0 aliphatic carbocycles. The van der Waals surface area contributed by atoms with Crippen molar-refractivity contribution in [1.82, 2.24) is 4.98 Å². The smallest absolute Gasteiger partial charge is 0.417 e. The Labute approximate surface area is 117 Å². The van der Waals surface area contributed by atoms with Crippen LogP contribution in [0.3, 0.4) is 0 Å². The summed E-state index contributed by atoms with van der Waals surface area (Å²) in [5.74, 6) is 1.14. The highest BCUT2D eigenvalue weighted by atomic mass is 19.4. The number of rotatable bonds is 2. The number of hydrogen-bond acceptors (Lipinski definition) is 5. The predicted octanol–water partition coefficient (Wildman–Crippen LogP) is 3.20. The Kier molecular flexibility index (Phi) is 3.00. The summed E-state index contributed by atoms with van der Waals surface area (Å²) in [6, 6.07) is 5.02. The highest BCUT2D eigenvalue weighted by Gasteiger charge is 2.30. The molecule has 0 spiro atoms. The van der Waals surface area contributed by atoms with Gasteiger partial charge in [0.2, 0.25) is 12.7 Å². The second kappa shape index (κ2) is 4.72. The number of nitrogens with zero attached hydrogens (tertiary/aromatic N) is 1. The van der Waals surface area contributed by atoms with Gasteiger partial charge in [0, 0.05) is 24.4 Å². The second-order valence-corrected chi connectivity index (χ2v) is 4.23. The van der Waals surface area contributed by atoms with Crippen molar-refractivity contribution in [1.29, 1.82) is 0 Å². The fraction of sp³-hybridized carbons (Fsp3) is 0.154. The van der Waals surface area contributed by atoms with Crippen LogP contribution in [0, 0.1) is 0 Å². The number of benzene rings is 1. The van der Waals surface area contributed by atoms with Crippen LogP contribution >= 0.6 is 0 Å². The Bertz CT molecular complexity index is 672. The molecule has 2 N–H and O–H groups in total. The van der Waals surface area contributed by atoms with Crippen LogP contribution in [0.1, 0.15) is 5.56 Å². The second-order valence-electron chi connectivity index (χ2n) is 4.23. The lowest BCUT2D eigenvalue weighted by molar-refractivity contribution is -0.137.